The number of hydrogen-bond donors (Lipinski definition) is 2. The van der Waals surface area contributed by atoms with Gasteiger partial charge in [0.05, 0.1) is 6.04 Å². The van der Waals surface area contributed by atoms with E-state index in [1.54, 1.807) is 17.4 Å². The lowest BCUT2D eigenvalue weighted by atomic mass is 10.2. The molecule has 5 heteroatoms. The number of aromatic nitrogens is 1. The van der Waals surface area contributed by atoms with E-state index in [2.05, 4.69) is 10.3 Å². The minimum atomic E-state index is -0.369. The van der Waals surface area contributed by atoms with E-state index in [-0.39, 0.29) is 23.4 Å². The zero-order valence-corrected chi connectivity index (χ0v) is 11.0. The fraction of sp³-hybridized carbons (Fsp3) is 0.231. The Kier molecular flexibility index (Phi) is 3.62. The highest BCUT2D eigenvalue weighted by molar-refractivity contribution is 7.12. The van der Waals surface area contributed by atoms with Crippen molar-refractivity contribution in [3.8, 4) is 5.75 Å². The second-order valence-corrected chi connectivity index (χ2v) is 5.33. The molecule has 0 aromatic carbocycles. The molecule has 1 unspecified atom stereocenters. The Morgan fingerprint density at radius 2 is 2.22 bits per heavy atom. The molecule has 0 radical (unpaired) electrons. The number of rotatable bonds is 3. The van der Waals surface area contributed by atoms with Crippen molar-refractivity contribution >= 4 is 17.2 Å². The van der Waals surface area contributed by atoms with Gasteiger partial charge in [-0.1, -0.05) is 0 Å². The first kappa shape index (κ1) is 12.6. The summed E-state index contributed by atoms with van der Waals surface area (Å²) in [5, 5.41) is 12.4. The van der Waals surface area contributed by atoms with Crippen LogP contribution in [0.4, 0.5) is 0 Å². The Morgan fingerprint density at radius 1 is 1.44 bits per heavy atom. The molecule has 2 aromatic rings. The lowest BCUT2D eigenvalue weighted by molar-refractivity contribution is 0.0932. The Balaban J connectivity index is 2.10. The summed E-state index contributed by atoms with van der Waals surface area (Å²) >= 11 is 1.64. The van der Waals surface area contributed by atoms with Crippen LogP contribution in [0.3, 0.4) is 0 Å². The molecule has 1 amide bonds. The van der Waals surface area contributed by atoms with Gasteiger partial charge in [-0.25, -0.2) is 4.98 Å². The number of pyridine rings is 1. The van der Waals surface area contributed by atoms with Crippen molar-refractivity contribution in [3.63, 3.8) is 0 Å². The van der Waals surface area contributed by atoms with Gasteiger partial charge in [-0.2, -0.15) is 0 Å². The van der Waals surface area contributed by atoms with E-state index < -0.39 is 0 Å². The molecular weight excluding hydrogens is 248 g/mol. The van der Waals surface area contributed by atoms with Gasteiger partial charge in [0.25, 0.3) is 5.91 Å². The van der Waals surface area contributed by atoms with E-state index in [4.69, 9.17) is 0 Å². The van der Waals surface area contributed by atoms with Gasteiger partial charge >= 0.3 is 0 Å². The van der Waals surface area contributed by atoms with Crippen LogP contribution >= 0.6 is 11.3 Å². The minimum absolute atomic E-state index is 0.0534. The molecule has 1 atom stereocenters. The third kappa shape index (κ3) is 2.68. The molecule has 18 heavy (non-hydrogen) atoms. The lowest BCUT2D eigenvalue weighted by Crippen LogP contribution is -2.26. The molecule has 94 valence electrons. The van der Waals surface area contributed by atoms with Crippen molar-refractivity contribution in [1.82, 2.24) is 10.3 Å². The van der Waals surface area contributed by atoms with Gasteiger partial charge in [-0.05, 0) is 38.1 Å². The Bertz CT molecular complexity index is 566. The van der Waals surface area contributed by atoms with E-state index in [1.165, 1.54) is 17.1 Å². The molecule has 0 aliphatic heterocycles. The quantitative estimate of drug-likeness (QED) is 0.894. The smallest absolute Gasteiger partial charge is 0.274 e. The molecule has 0 fully saturated rings. The molecule has 2 aromatic heterocycles. The van der Waals surface area contributed by atoms with Crippen LogP contribution in [0, 0.1) is 6.92 Å². The maximum absolute atomic E-state index is 11.9. The van der Waals surface area contributed by atoms with Crippen molar-refractivity contribution in [2.45, 2.75) is 19.9 Å². The van der Waals surface area contributed by atoms with Gasteiger partial charge in [-0.15, -0.1) is 11.3 Å². The molecule has 4 nitrogen and oxygen atoms in total. The molecule has 0 saturated heterocycles. The summed E-state index contributed by atoms with van der Waals surface area (Å²) in [6, 6.07) is 6.93. The number of aryl methyl sites for hydroxylation is 1. The maximum Gasteiger partial charge on any atom is 0.274 e. The molecule has 2 heterocycles. The second kappa shape index (κ2) is 5.18. The average Bonchev–Trinajstić information content (AvgIpc) is 2.76. The number of thiophene rings is 1. The van der Waals surface area contributed by atoms with Crippen molar-refractivity contribution in [2.24, 2.45) is 0 Å². The van der Waals surface area contributed by atoms with Gasteiger partial charge in [0, 0.05) is 16.0 Å². The SMILES string of the molecule is Cc1ccc(C(C)NC(=O)c2ncccc2O)s1. The number of aromatic hydroxyl groups is 1. The number of nitrogens with zero attached hydrogens (tertiary/aromatic N) is 1. The van der Waals surface area contributed by atoms with Crippen molar-refractivity contribution < 1.29 is 9.90 Å². The first-order valence-corrected chi connectivity index (χ1v) is 6.41. The fourth-order valence-electron chi connectivity index (χ4n) is 1.59. The highest BCUT2D eigenvalue weighted by Crippen LogP contribution is 2.23. The summed E-state index contributed by atoms with van der Waals surface area (Å²) in [5.74, 6) is -0.476. The van der Waals surface area contributed by atoms with Gasteiger partial charge in [0.15, 0.2) is 5.69 Å². The summed E-state index contributed by atoms with van der Waals surface area (Å²) in [4.78, 5) is 18.1. The van der Waals surface area contributed by atoms with Gasteiger partial charge < -0.3 is 10.4 Å². The summed E-state index contributed by atoms with van der Waals surface area (Å²) in [5.41, 5.74) is 0.0534. The van der Waals surface area contributed by atoms with Gasteiger partial charge in [-0.3, -0.25) is 4.79 Å². The van der Waals surface area contributed by atoms with Gasteiger partial charge in [0.1, 0.15) is 5.75 Å². The van der Waals surface area contributed by atoms with E-state index in [0.717, 1.165) is 4.88 Å². The average molecular weight is 262 g/mol. The van der Waals surface area contributed by atoms with E-state index in [1.807, 2.05) is 26.0 Å². The third-order valence-electron chi connectivity index (χ3n) is 2.54. The number of carbonyl (C=O) groups is 1. The highest BCUT2D eigenvalue weighted by Gasteiger charge is 2.16. The zero-order valence-electron chi connectivity index (χ0n) is 10.2. The van der Waals surface area contributed by atoms with Crippen LogP contribution in [0.1, 0.15) is 33.2 Å². The van der Waals surface area contributed by atoms with E-state index in [0.29, 0.717) is 0 Å². The topological polar surface area (TPSA) is 62.2 Å². The van der Waals surface area contributed by atoms with Crippen molar-refractivity contribution in [3.05, 3.63) is 45.9 Å². The molecular formula is C13H14N2O2S. The normalized spacial score (nSPS) is 12.1. The molecule has 0 bridgehead atoms. The van der Waals surface area contributed by atoms with Gasteiger partial charge in [0.2, 0.25) is 0 Å². The Morgan fingerprint density at radius 3 is 2.83 bits per heavy atom. The first-order valence-electron chi connectivity index (χ1n) is 5.59. The predicted octanol–water partition coefficient (Wildman–Crippen LogP) is 2.65. The number of hydrogen-bond acceptors (Lipinski definition) is 4. The first-order chi connectivity index (χ1) is 8.58. The van der Waals surface area contributed by atoms with Crippen LogP contribution in [0.15, 0.2) is 30.5 Å². The minimum Gasteiger partial charge on any atom is -0.505 e. The number of carbonyl (C=O) groups excluding carboxylic acids is 1. The van der Waals surface area contributed by atoms with Crippen LogP contribution in [0.5, 0.6) is 5.75 Å². The fourth-order valence-corrected chi connectivity index (χ4v) is 2.47. The largest absolute Gasteiger partial charge is 0.505 e. The van der Waals surface area contributed by atoms with Crippen LogP contribution < -0.4 is 5.32 Å². The Labute approximate surface area is 109 Å². The Hall–Kier alpha value is -1.88. The molecule has 0 saturated carbocycles. The summed E-state index contributed by atoms with van der Waals surface area (Å²) in [6.45, 7) is 3.93. The van der Waals surface area contributed by atoms with E-state index >= 15 is 0 Å². The second-order valence-electron chi connectivity index (χ2n) is 4.01. The molecule has 0 spiro atoms. The number of nitrogens with one attached hydrogen (secondary N) is 1. The van der Waals surface area contributed by atoms with Crippen molar-refractivity contribution in [2.75, 3.05) is 0 Å². The molecule has 0 aliphatic carbocycles. The lowest BCUT2D eigenvalue weighted by Gasteiger charge is -2.12. The van der Waals surface area contributed by atoms with Crippen molar-refractivity contribution in [1.29, 1.82) is 0 Å². The number of amides is 1. The van der Waals surface area contributed by atoms with Crippen LogP contribution in [0.25, 0.3) is 0 Å². The maximum atomic E-state index is 11.9. The van der Waals surface area contributed by atoms with Crippen LogP contribution in [-0.4, -0.2) is 16.0 Å². The molecule has 2 N–H and O–H groups in total. The highest BCUT2D eigenvalue weighted by atomic mass is 32.1. The van der Waals surface area contributed by atoms with E-state index in [9.17, 15) is 9.90 Å². The van der Waals surface area contributed by atoms with Crippen LogP contribution in [-0.2, 0) is 0 Å². The predicted molar refractivity (Wildman–Crippen MR) is 70.8 cm³/mol. The molecule has 2 rings (SSSR count). The monoisotopic (exact) mass is 262 g/mol. The zero-order chi connectivity index (χ0) is 13.1. The summed E-state index contributed by atoms with van der Waals surface area (Å²) < 4.78 is 0. The third-order valence-corrected chi connectivity index (χ3v) is 3.72. The van der Waals surface area contributed by atoms with Crippen LogP contribution in [0.2, 0.25) is 0 Å². The molecule has 0 aliphatic rings. The summed E-state index contributed by atoms with van der Waals surface area (Å²) in [6.07, 6.45) is 1.48. The standard InChI is InChI=1S/C13H14N2O2S/c1-8-5-6-11(18-8)9(2)15-13(17)12-10(16)4-3-7-14-12/h3-7,9,16H,1-2H3,(H,15,17). The summed E-state index contributed by atoms with van der Waals surface area (Å²) in [7, 11) is 0.